The van der Waals surface area contributed by atoms with Crippen LogP contribution in [0.25, 0.3) is 10.6 Å². The summed E-state index contributed by atoms with van der Waals surface area (Å²) < 4.78 is 0. The number of aromatic carboxylic acids is 1. The van der Waals surface area contributed by atoms with Gasteiger partial charge in [0, 0.05) is 10.9 Å². The minimum atomic E-state index is -0.979. The lowest BCUT2D eigenvalue weighted by Crippen LogP contribution is -1.95. The predicted molar refractivity (Wildman–Crippen MR) is 63.9 cm³/mol. The molecule has 2 rings (SSSR count). The molecule has 0 saturated carbocycles. The van der Waals surface area contributed by atoms with E-state index in [1.165, 1.54) is 16.9 Å². The molecule has 2 aromatic rings. The van der Waals surface area contributed by atoms with E-state index < -0.39 is 5.97 Å². The van der Waals surface area contributed by atoms with Crippen molar-refractivity contribution >= 4 is 17.3 Å². The lowest BCUT2D eigenvalue weighted by molar-refractivity contribution is 0.0691. The monoisotopic (exact) mass is 233 g/mol. The van der Waals surface area contributed by atoms with Crippen LogP contribution < -0.4 is 0 Å². The largest absolute Gasteiger partial charge is 0.476 e. The number of aromatic nitrogens is 1. The number of hydrogen-bond donors (Lipinski definition) is 1. The average molecular weight is 233 g/mol. The predicted octanol–water partition coefficient (Wildman–Crippen LogP) is 3.07. The number of nitrogens with zero attached hydrogens (tertiary/aromatic N) is 1. The molecule has 0 unspecified atom stereocenters. The third-order valence-corrected chi connectivity index (χ3v) is 3.22. The molecule has 0 radical (unpaired) electrons. The van der Waals surface area contributed by atoms with Gasteiger partial charge in [0.15, 0.2) is 5.69 Å². The Morgan fingerprint density at radius 3 is 2.56 bits per heavy atom. The Morgan fingerprint density at radius 1 is 1.38 bits per heavy atom. The van der Waals surface area contributed by atoms with Crippen LogP contribution in [0.15, 0.2) is 29.6 Å². The molecule has 0 aliphatic heterocycles. The van der Waals surface area contributed by atoms with Gasteiger partial charge in [-0.2, -0.15) is 0 Å². The van der Waals surface area contributed by atoms with Crippen LogP contribution in [0.4, 0.5) is 0 Å². The molecular formula is C12H11NO2S. The van der Waals surface area contributed by atoms with Gasteiger partial charge in [0.25, 0.3) is 0 Å². The van der Waals surface area contributed by atoms with E-state index in [2.05, 4.69) is 11.9 Å². The van der Waals surface area contributed by atoms with Gasteiger partial charge in [0.2, 0.25) is 0 Å². The molecule has 0 saturated heterocycles. The average Bonchev–Trinajstić information content (AvgIpc) is 2.78. The van der Waals surface area contributed by atoms with Crippen molar-refractivity contribution in [2.45, 2.75) is 13.3 Å². The summed E-state index contributed by atoms with van der Waals surface area (Å²) >= 11 is 1.35. The van der Waals surface area contributed by atoms with E-state index in [1.807, 2.05) is 24.3 Å². The van der Waals surface area contributed by atoms with E-state index >= 15 is 0 Å². The van der Waals surface area contributed by atoms with Crippen molar-refractivity contribution in [3.05, 3.63) is 40.9 Å². The summed E-state index contributed by atoms with van der Waals surface area (Å²) in [6.07, 6.45) is 0.999. The Morgan fingerprint density at radius 2 is 2.06 bits per heavy atom. The van der Waals surface area contributed by atoms with Crippen molar-refractivity contribution in [3.63, 3.8) is 0 Å². The lowest BCUT2D eigenvalue weighted by atomic mass is 10.1. The topological polar surface area (TPSA) is 50.2 Å². The molecule has 1 heterocycles. The molecule has 0 bridgehead atoms. The summed E-state index contributed by atoms with van der Waals surface area (Å²) in [6.45, 7) is 2.10. The van der Waals surface area contributed by atoms with Gasteiger partial charge in [-0.05, 0) is 12.0 Å². The van der Waals surface area contributed by atoms with Crippen LogP contribution in [0, 0.1) is 0 Å². The molecule has 0 atom stereocenters. The first-order valence-electron chi connectivity index (χ1n) is 4.99. The van der Waals surface area contributed by atoms with Gasteiger partial charge in [-0.1, -0.05) is 31.2 Å². The van der Waals surface area contributed by atoms with E-state index in [9.17, 15) is 4.79 Å². The molecule has 16 heavy (non-hydrogen) atoms. The molecule has 4 heteroatoms. The molecule has 0 aliphatic carbocycles. The first-order chi connectivity index (χ1) is 7.70. The Bertz CT molecular complexity index is 502. The summed E-state index contributed by atoms with van der Waals surface area (Å²) in [7, 11) is 0. The van der Waals surface area contributed by atoms with Crippen molar-refractivity contribution in [2.75, 3.05) is 0 Å². The quantitative estimate of drug-likeness (QED) is 0.886. The van der Waals surface area contributed by atoms with Gasteiger partial charge in [-0.3, -0.25) is 0 Å². The van der Waals surface area contributed by atoms with Crippen LogP contribution in [0.1, 0.15) is 23.0 Å². The van der Waals surface area contributed by atoms with Gasteiger partial charge in [0.1, 0.15) is 5.01 Å². The summed E-state index contributed by atoms with van der Waals surface area (Å²) in [6, 6.07) is 8.03. The fourth-order valence-corrected chi connectivity index (χ4v) is 2.19. The van der Waals surface area contributed by atoms with Crippen LogP contribution in [0.2, 0.25) is 0 Å². The van der Waals surface area contributed by atoms with E-state index in [0.717, 1.165) is 17.0 Å². The minimum Gasteiger partial charge on any atom is -0.476 e. The number of carboxylic acid groups (broad SMARTS) is 1. The van der Waals surface area contributed by atoms with E-state index in [0.29, 0.717) is 0 Å². The Labute approximate surface area is 97.4 Å². The maximum absolute atomic E-state index is 10.7. The third kappa shape index (κ3) is 2.12. The van der Waals surface area contributed by atoms with E-state index in [1.54, 1.807) is 5.38 Å². The molecule has 1 aromatic carbocycles. The van der Waals surface area contributed by atoms with Crippen LogP contribution in [0.3, 0.4) is 0 Å². The van der Waals surface area contributed by atoms with E-state index in [4.69, 9.17) is 5.11 Å². The number of carboxylic acids is 1. The van der Waals surface area contributed by atoms with Crippen LogP contribution in [-0.2, 0) is 6.42 Å². The highest BCUT2D eigenvalue weighted by molar-refractivity contribution is 7.13. The highest BCUT2D eigenvalue weighted by Crippen LogP contribution is 2.24. The maximum atomic E-state index is 10.7. The summed E-state index contributed by atoms with van der Waals surface area (Å²) in [5.41, 5.74) is 2.34. The van der Waals surface area contributed by atoms with Crippen LogP contribution in [-0.4, -0.2) is 16.1 Å². The summed E-state index contributed by atoms with van der Waals surface area (Å²) in [5, 5.41) is 11.1. The fraction of sp³-hybridized carbons (Fsp3) is 0.167. The smallest absolute Gasteiger partial charge is 0.355 e. The number of hydrogen-bond acceptors (Lipinski definition) is 3. The molecule has 1 N–H and O–H groups in total. The summed E-state index contributed by atoms with van der Waals surface area (Å²) in [4.78, 5) is 14.7. The zero-order valence-corrected chi connectivity index (χ0v) is 9.62. The first-order valence-corrected chi connectivity index (χ1v) is 5.87. The number of aryl methyl sites for hydroxylation is 1. The van der Waals surface area contributed by atoms with Crippen molar-refractivity contribution in [1.29, 1.82) is 0 Å². The molecular weight excluding hydrogens is 222 g/mol. The Balaban J connectivity index is 2.31. The Kier molecular flexibility index (Phi) is 3.01. The van der Waals surface area contributed by atoms with Crippen molar-refractivity contribution < 1.29 is 9.90 Å². The van der Waals surface area contributed by atoms with E-state index in [-0.39, 0.29) is 5.69 Å². The zero-order valence-electron chi connectivity index (χ0n) is 8.80. The number of rotatable bonds is 3. The molecule has 0 spiro atoms. The molecule has 0 fully saturated rings. The minimum absolute atomic E-state index is 0.111. The van der Waals surface area contributed by atoms with Gasteiger partial charge in [-0.15, -0.1) is 11.3 Å². The lowest BCUT2D eigenvalue weighted by Gasteiger charge is -1.98. The van der Waals surface area contributed by atoms with Gasteiger partial charge in [0.05, 0.1) is 0 Å². The van der Waals surface area contributed by atoms with Crippen molar-refractivity contribution in [1.82, 2.24) is 4.98 Å². The maximum Gasteiger partial charge on any atom is 0.355 e. The summed E-state index contributed by atoms with van der Waals surface area (Å²) in [5.74, 6) is -0.979. The van der Waals surface area contributed by atoms with Crippen LogP contribution in [0.5, 0.6) is 0 Å². The number of thiazole rings is 1. The second-order valence-electron chi connectivity index (χ2n) is 3.39. The first kappa shape index (κ1) is 10.8. The fourth-order valence-electron chi connectivity index (χ4n) is 1.39. The van der Waals surface area contributed by atoms with Crippen molar-refractivity contribution in [2.24, 2.45) is 0 Å². The van der Waals surface area contributed by atoms with Crippen LogP contribution >= 0.6 is 11.3 Å². The van der Waals surface area contributed by atoms with Gasteiger partial charge < -0.3 is 5.11 Å². The zero-order chi connectivity index (χ0) is 11.5. The number of benzene rings is 1. The van der Waals surface area contributed by atoms with Crippen molar-refractivity contribution in [3.8, 4) is 10.6 Å². The highest BCUT2D eigenvalue weighted by atomic mass is 32.1. The molecule has 3 nitrogen and oxygen atoms in total. The number of carbonyl (C=O) groups is 1. The second kappa shape index (κ2) is 4.45. The standard InChI is InChI=1S/C12H11NO2S/c1-2-8-3-5-9(6-4-8)11-13-10(7-16-11)12(14)15/h3-7H,2H2,1H3,(H,14,15). The molecule has 82 valence electrons. The Hall–Kier alpha value is -1.68. The van der Waals surface area contributed by atoms with Gasteiger partial charge in [-0.25, -0.2) is 9.78 Å². The normalized spacial score (nSPS) is 10.3. The second-order valence-corrected chi connectivity index (χ2v) is 4.25. The SMILES string of the molecule is CCc1ccc(-c2nc(C(=O)O)cs2)cc1. The third-order valence-electron chi connectivity index (χ3n) is 2.33. The highest BCUT2D eigenvalue weighted by Gasteiger charge is 2.09. The molecule has 0 amide bonds. The van der Waals surface area contributed by atoms with Gasteiger partial charge >= 0.3 is 5.97 Å². The molecule has 0 aliphatic rings. The molecule has 1 aromatic heterocycles.